The summed E-state index contributed by atoms with van der Waals surface area (Å²) in [5.41, 5.74) is 4.74. The molecule has 0 unspecified atom stereocenters. The minimum atomic E-state index is -0.925. The minimum absolute atomic E-state index is 0.0334. The molecule has 0 aromatic heterocycles. The second-order valence-electron chi connectivity index (χ2n) is 5.05. The van der Waals surface area contributed by atoms with Gasteiger partial charge in [-0.2, -0.15) is 0 Å². The smallest absolute Gasteiger partial charge is 0.234 e. The van der Waals surface area contributed by atoms with Gasteiger partial charge in [-0.15, -0.1) is 0 Å². The molecule has 6 nitrogen and oxygen atoms in total. The average molecular weight is 271 g/mol. The molecule has 0 spiro atoms. The lowest BCUT2D eigenvalue weighted by atomic mass is 9.80. The van der Waals surface area contributed by atoms with Gasteiger partial charge in [0.15, 0.2) is 5.84 Å². The van der Waals surface area contributed by atoms with Gasteiger partial charge in [0.25, 0.3) is 0 Å². The number of carbonyl (C=O) groups is 1. The van der Waals surface area contributed by atoms with E-state index in [2.05, 4.69) is 10.5 Å². The summed E-state index contributed by atoms with van der Waals surface area (Å²) in [4.78, 5) is 12.2. The number of rotatable bonds is 9. The number of oxime groups is 1. The van der Waals surface area contributed by atoms with Gasteiger partial charge in [-0.3, -0.25) is 4.79 Å². The topological polar surface area (TPSA) is 96.9 Å². The monoisotopic (exact) mass is 271 g/mol. The molecule has 0 radical (unpaired) electrons. The lowest BCUT2D eigenvalue weighted by molar-refractivity contribution is -0.128. The van der Waals surface area contributed by atoms with Crippen LogP contribution in [0.25, 0.3) is 0 Å². The number of hydrogen-bond donors (Lipinski definition) is 3. The molecule has 1 aliphatic rings. The third-order valence-electron chi connectivity index (χ3n) is 3.82. The van der Waals surface area contributed by atoms with Crippen molar-refractivity contribution in [2.75, 3.05) is 19.8 Å². The number of amides is 1. The maximum atomic E-state index is 12.2. The first kappa shape index (κ1) is 15.8. The Kier molecular flexibility index (Phi) is 6.08. The predicted octanol–water partition coefficient (Wildman–Crippen LogP) is 1.08. The molecule has 0 aliphatic heterocycles. The van der Waals surface area contributed by atoms with Crippen molar-refractivity contribution in [2.45, 2.75) is 39.5 Å². The van der Waals surface area contributed by atoms with Crippen molar-refractivity contribution in [3.05, 3.63) is 0 Å². The highest BCUT2D eigenvalue weighted by Crippen LogP contribution is 2.29. The van der Waals surface area contributed by atoms with Gasteiger partial charge in [0, 0.05) is 13.2 Å². The summed E-state index contributed by atoms with van der Waals surface area (Å²) in [6.07, 6.45) is 3.50. The number of hydrogen-bond acceptors (Lipinski definition) is 4. The first-order chi connectivity index (χ1) is 9.10. The molecule has 1 saturated carbocycles. The molecule has 0 saturated heterocycles. The SMILES string of the molecule is CCC(CC)(C(=O)NCCOCC1CC1)C(N)=NO. The van der Waals surface area contributed by atoms with Gasteiger partial charge in [0.1, 0.15) is 5.41 Å². The van der Waals surface area contributed by atoms with Gasteiger partial charge in [-0.1, -0.05) is 19.0 Å². The van der Waals surface area contributed by atoms with Crippen LogP contribution in [0.5, 0.6) is 0 Å². The molecule has 0 aromatic carbocycles. The van der Waals surface area contributed by atoms with Crippen molar-refractivity contribution in [1.29, 1.82) is 0 Å². The van der Waals surface area contributed by atoms with E-state index in [0.29, 0.717) is 26.0 Å². The van der Waals surface area contributed by atoms with E-state index in [1.165, 1.54) is 12.8 Å². The lowest BCUT2D eigenvalue weighted by Crippen LogP contribution is -2.49. The number of nitrogens with two attached hydrogens (primary N) is 1. The summed E-state index contributed by atoms with van der Waals surface area (Å²) in [5, 5.41) is 14.6. The fourth-order valence-corrected chi connectivity index (χ4v) is 2.09. The molecular formula is C13H25N3O3. The van der Waals surface area contributed by atoms with E-state index in [1.807, 2.05) is 13.8 Å². The number of nitrogens with one attached hydrogen (secondary N) is 1. The first-order valence-corrected chi connectivity index (χ1v) is 6.94. The first-order valence-electron chi connectivity index (χ1n) is 6.94. The Bertz CT molecular complexity index is 323. The van der Waals surface area contributed by atoms with E-state index in [4.69, 9.17) is 15.7 Å². The molecule has 6 heteroatoms. The highest BCUT2D eigenvalue weighted by molar-refractivity contribution is 6.06. The second-order valence-corrected chi connectivity index (χ2v) is 5.05. The molecule has 0 heterocycles. The van der Waals surface area contributed by atoms with Crippen molar-refractivity contribution in [3.8, 4) is 0 Å². The second kappa shape index (κ2) is 7.33. The van der Waals surface area contributed by atoms with Gasteiger partial charge in [-0.05, 0) is 31.6 Å². The molecule has 1 fully saturated rings. The van der Waals surface area contributed by atoms with Crippen LogP contribution in [0.1, 0.15) is 39.5 Å². The largest absolute Gasteiger partial charge is 0.409 e. The molecule has 0 atom stereocenters. The summed E-state index contributed by atoms with van der Waals surface area (Å²) in [6, 6.07) is 0. The van der Waals surface area contributed by atoms with Crippen LogP contribution in [-0.2, 0) is 9.53 Å². The third kappa shape index (κ3) is 4.09. The molecular weight excluding hydrogens is 246 g/mol. The Balaban J connectivity index is 2.38. The van der Waals surface area contributed by atoms with Crippen LogP contribution in [0.2, 0.25) is 0 Å². The van der Waals surface area contributed by atoms with Crippen LogP contribution >= 0.6 is 0 Å². The van der Waals surface area contributed by atoms with Crippen LogP contribution in [0.4, 0.5) is 0 Å². The van der Waals surface area contributed by atoms with Gasteiger partial charge >= 0.3 is 0 Å². The van der Waals surface area contributed by atoms with Crippen LogP contribution < -0.4 is 11.1 Å². The molecule has 1 rings (SSSR count). The molecule has 0 bridgehead atoms. The highest BCUT2D eigenvalue weighted by Gasteiger charge is 2.39. The molecule has 0 aromatic rings. The van der Waals surface area contributed by atoms with Gasteiger partial charge < -0.3 is 21.0 Å². The Morgan fingerprint density at radius 1 is 1.47 bits per heavy atom. The summed E-state index contributed by atoms with van der Waals surface area (Å²) in [6.45, 7) is 5.44. The standard InChI is InChI=1S/C13H25N3O3/c1-3-13(4-2,11(14)16-18)12(17)15-7-8-19-9-10-5-6-10/h10,18H,3-9H2,1-2H3,(H2,14,16)(H,15,17). The molecule has 1 amide bonds. The Morgan fingerprint density at radius 2 is 2.11 bits per heavy atom. The number of ether oxygens (including phenoxy) is 1. The lowest BCUT2D eigenvalue weighted by Gasteiger charge is -2.28. The van der Waals surface area contributed by atoms with Crippen LogP contribution in [0, 0.1) is 11.3 Å². The van der Waals surface area contributed by atoms with E-state index < -0.39 is 5.41 Å². The van der Waals surface area contributed by atoms with Crippen molar-refractivity contribution in [2.24, 2.45) is 22.2 Å². The van der Waals surface area contributed by atoms with E-state index in [1.54, 1.807) is 0 Å². The number of amidine groups is 1. The fraction of sp³-hybridized carbons (Fsp3) is 0.846. The van der Waals surface area contributed by atoms with Crippen LogP contribution in [-0.4, -0.2) is 36.7 Å². The summed E-state index contributed by atoms with van der Waals surface area (Å²) in [5.74, 6) is 0.481. The Hall–Kier alpha value is -1.30. The summed E-state index contributed by atoms with van der Waals surface area (Å²) < 4.78 is 5.45. The summed E-state index contributed by atoms with van der Waals surface area (Å²) in [7, 11) is 0. The van der Waals surface area contributed by atoms with Crippen molar-refractivity contribution in [1.82, 2.24) is 5.32 Å². The van der Waals surface area contributed by atoms with Crippen molar-refractivity contribution in [3.63, 3.8) is 0 Å². The quantitative estimate of drug-likeness (QED) is 0.192. The predicted molar refractivity (Wildman–Crippen MR) is 73.0 cm³/mol. The fourth-order valence-electron chi connectivity index (χ4n) is 2.09. The van der Waals surface area contributed by atoms with Gasteiger partial charge in [0.2, 0.25) is 5.91 Å². The Morgan fingerprint density at radius 3 is 2.58 bits per heavy atom. The van der Waals surface area contributed by atoms with Crippen LogP contribution in [0.15, 0.2) is 5.16 Å². The van der Waals surface area contributed by atoms with Gasteiger partial charge in [0.05, 0.1) is 6.61 Å². The Labute approximate surface area is 114 Å². The zero-order chi connectivity index (χ0) is 14.3. The molecule has 19 heavy (non-hydrogen) atoms. The highest BCUT2D eigenvalue weighted by atomic mass is 16.5. The summed E-state index contributed by atoms with van der Waals surface area (Å²) >= 11 is 0. The molecule has 110 valence electrons. The number of nitrogens with zero attached hydrogens (tertiary/aromatic N) is 1. The van der Waals surface area contributed by atoms with E-state index in [9.17, 15) is 4.79 Å². The molecule has 4 N–H and O–H groups in total. The van der Waals surface area contributed by atoms with Gasteiger partial charge in [-0.25, -0.2) is 0 Å². The minimum Gasteiger partial charge on any atom is -0.409 e. The molecule has 1 aliphatic carbocycles. The van der Waals surface area contributed by atoms with E-state index in [-0.39, 0.29) is 11.7 Å². The number of carbonyl (C=O) groups excluding carboxylic acids is 1. The maximum absolute atomic E-state index is 12.2. The van der Waals surface area contributed by atoms with Crippen molar-refractivity contribution < 1.29 is 14.7 Å². The average Bonchev–Trinajstić information content (AvgIpc) is 3.24. The third-order valence-corrected chi connectivity index (χ3v) is 3.82. The maximum Gasteiger partial charge on any atom is 0.234 e. The normalized spacial score (nSPS) is 16.4. The van der Waals surface area contributed by atoms with E-state index >= 15 is 0 Å². The van der Waals surface area contributed by atoms with Crippen molar-refractivity contribution >= 4 is 11.7 Å². The zero-order valence-electron chi connectivity index (χ0n) is 11.8. The van der Waals surface area contributed by atoms with Crippen LogP contribution in [0.3, 0.4) is 0 Å². The zero-order valence-corrected chi connectivity index (χ0v) is 11.8. The van der Waals surface area contributed by atoms with E-state index in [0.717, 1.165) is 12.5 Å².